The lowest BCUT2D eigenvalue weighted by Gasteiger charge is -2.28. The summed E-state index contributed by atoms with van der Waals surface area (Å²) in [7, 11) is 0. The van der Waals surface area contributed by atoms with E-state index in [1.54, 1.807) is 24.1 Å². The summed E-state index contributed by atoms with van der Waals surface area (Å²) in [5.74, 6) is 2.32. The Balaban J connectivity index is 1.43. The third kappa shape index (κ3) is 3.32. The van der Waals surface area contributed by atoms with E-state index in [0.29, 0.717) is 17.7 Å². The molecule has 3 aromatic rings. The van der Waals surface area contributed by atoms with Crippen LogP contribution in [0.2, 0.25) is 0 Å². The van der Waals surface area contributed by atoms with E-state index in [2.05, 4.69) is 10.2 Å². The van der Waals surface area contributed by atoms with Gasteiger partial charge in [0, 0.05) is 17.2 Å². The molecule has 0 unspecified atom stereocenters. The van der Waals surface area contributed by atoms with Crippen LogP contribution in [0.15, 0.2) is 55.5 Å². The van der Waals surface area contributed by atoms with Crippen LogP contribution in [0.4, 0.5) is 5.69 Å². The van der Waals surface area contributed by atoms with Crippen molar-refractivity contribution in [2.24, 2.45) is 0 Å². The standard InChI is InChI=1S/C17H15N3O3S2/c1-11-12(6-8-22-11)16-18-19-17(23-16)25-10-15(21)20-7-9-24-14-5-3-2-4-13(14)20/h2-6,8H,7,9-10H2,1H3. The zero-order valence-corrected chi connectivity index (χ0v) is 15.1. The van der Waals surface area contributed by atoms with Crippen LogP contribution in [-0.2, 0) is 4.79 Å². The highest BCUT2D eigenvalue weighted by Crippen LogP contribution is 2.35. The molecule has 0 fully saturated rings. The number of fused-ring (bicyclic) bond motifs is 1. The Morgan fingerprint density at radius 1 is 1.32 bits per heavy atom. The number of hydrogen-bond acceptors (Lipinski definition) is 7. The molecule has 8 heteroatoms. The Morgan fingerprint density at radius 2 is 2.20 bits per heavy atom. The fourth-order valence-corrected chi connectivity index (χ4v) is 4.25. The van der Waals surface area contributed by atoms with Crippen molar-refractivity contribution >= 4 is 35.1 Å². The quantitative estimate of drug-likeness (QED) is 0.643. The molecule has 1 aliphatic rings. The molecule has 1 aliphatic heterocycles. The molecule has 1 amide bonds. The van der Waals surface area contributed by atoms with Crippen molar-refractivity contribution in [3.8, 4) is 11.5 Å². The van der Waals surface area contributed by atoms with E-state index < -0.39 is 0 Å². The lowest BCUT2D eigenvalue weighted by Crippen LogP contribution is -2.36. The zero-order valence-electron chi connectivity index (χ0n) is 13.5. The Hall–Kier alpha value is -2.19. The summed E-state index contributed by atoms with van der Waals surface area (Å²) >= 11 is 3.03. The predicted molar refractivity (Wildman–Crippen MR) is 97.0 cm³/mol. The van der Waals surface area contributed by atoms with Gasteiger partial charge in [0.05, 0.1) is 23.3 Å². The SMILES string of the molecule is Cc1occc1-c1nnc(SCC(=O)N2CCSc3ccccc32)o1. The fourth-order valence-electron chi connectivity index (χ4n) is 2.61. The van der Waals surface area contributed by atoms with Gasteiger partial charge in [-0.05, 0) is 25.1 Å². The molecule has 4 rings (SSSR count). The van der Waals surface area contributed by atoms with Gasteiger partial charge in [-0.3, -0.25) is 4.79 Å². The lowest BCUT2D eigenvalue weighted by molar-refractivity contribution is -0.116. The smallest absolute Gasteiger partial charge is 0.277 e. The number of aryl methyl sites for hydroxylation is 1. The number of carbonyl (C=O) groups excluding carboxylic acids is 1. The minimum atomic E-state index is 0.0389. The van der Waals surface area contributed by atoms with Crippen molar-refractivity contribution in [2.45, 2.75) is 17.0 Å². The van der Waals surface area contributed by atoms with Crippen LogP contribution in [0.25, 0.3) is 11.5 Å². The second-order valence-corrected chi connectivity index (χ2v) is 7.48. The summed E-state index contributed by atoms with van der Waals surface area (Å²) in [5, 5.41) is 8.40. The lowest BCUT2D eigenvalue weighted by atomic mass is 10.3. The first-order chi connectivity index (χ1) is 12.2. The van der Waals surface area contributed by atoms with E-state index in [0.717, 1.165) is 27.7 Å². The van der Waals surface area contributed by atoms with Gasteiger partial charge in [-0.25, -0.2) is 0 Å². The Bertz CT molecular complexity index is 906. The maximum Gasteiger partial charge on any atom is 0.277 e. The molecule has 2 aromatic heterocycles. The third-order valence-corrected chi connectivity index (χ3v) is 5.69. The molecule has 3 heterocycles. The molecule has 0 saturated heterocycles. The molecule has 6 nitrogen and oxygen atoms in total. The van der Waals surface area contributed by atoms with Crippen molar-refractivity contribution < 1.29 is 13.6 Å². The number of hydrogen-bond donors (Lipinski definition) is 0. The van der Waals surface area contributed by atoms with E-state index in [9.17, 15) is 4.79 Å². The second kappa shape index (κ2) is 6.97. The van der Waals surface area contributed by atoms with Crippen LogP contribution >= 0.6 is 23.5 Å². The monoisotopic (exact) mass is 373 g/mol. The first-order valence-corrected chi connectivity index (χ1v) is 9.72. The third-order valence-electron chi connectivity index (χ3n) is 3.84. The van der Waals surface area contributed by atoms with Crippen LogP contribution in [-0.4, -0.2) is 34.2 Å². The minimum Gasteiger partial charge on any atom is -0.469 e. The Labute approximate surface area is 153 Å². The molecule has 0 N–H and O–H groups in total. The van der Waals surface area contributed by atoms with Crippen LogP contribution in [0.1, 0.15) is 5.76 Å². The van der Waals surface area contributed by atoms with Crippen molar-refractivity contribution in [3.05, 3.63) is 42.4 Å². The highest BCUT2D eigenvalue weighted by Gasteiger charge is 2.23. The normalized spacial score (nSPS) is 13.7. The number of aromatic nitrogens is 2. The molecule has 0 atom stereocenters. The minimum absolute atomic E-state index is 0.0389. The molecule has 25 heavy (non-hydrogen) atoms. The molecule has 0 radical (unpaired) electrons. The summed E-state index contributed by atoms with van der Waals surface area (Å²) in [6.07, 6.45) is 1.58. The van der Waals surface area contributed by atoms with E-state index in [4.69, 9.17) is 8.83 Å². The van der Waals surface area contributed by atoms with Gasteiger partial charge in [0.2, 0.25) is 5.91 Å². The molecule has 0 spiro atoms. The van der Waals surface area contributed by atoms with Crippen LogP contribution in [0.5, 0.6) is 0 Å². The number of rotatable bonds is 4. The molecule has 128 valence electrons. The van der Waals surface area contributed by atoms with Gasteiger partial charge < -0.3 is 13.7 Å². The summed E-state index contributed by atoms with van der Waals surface area (Å²) in [5.41, 5.74) is 1.75. The van der Waals surface area contributed by atoms with Gasteiger partial charge in [0.25, 0.3) is 11.1 Å². The maximum absolute atomic E-state index is 12.6. The van der Waals surface area contributed by atoms with E-state index in [1.807, 2.05) is 36.1 Å². The first-order valence-electron chi connectivity index (χ1n) is 7.75. The highest BCUT2D eigenvalue weighted by atomic mass is 32.2. The Morgan fingerprint density at radius 3 is 3.04 bits per heavy atom. The average molecular weight is 373 g/mol. The first kappa shape index (κ1) is 16.3. The number of furan rings is 1. The van der Waals surface area contributed by atoms with Gasteiger partial charge in [0.1, 0.15) is 5.76 Å². The number of anilines is 1. The molecule has 1 aromatic carbocycles. The van der Waals surface area contributed by atoms with Gasteiger partial charge in [-0.1, -0.05) is 23.9 Å². The largest absolute Gasteiger partial charge is 0.469 e. The van der Waals surface area contributed by atoms with E-state index in [1.165, 1.54) is 11.8 Å². The van der Waals surface area contributed by atoms with Crippen LogP contribution in [0, 0.1) is 6.92 Å². The van der Waals surface area contributed by atoms with Crippen molar-refractivity contribution in [2.75, 3.05) is 23.0 Å². The number of carbonyl (C=O) groups is 1. The molecule has 0 saturated carbocycles. The molecule has 0 bridgehead atoms. The number of amides is 1. The second-order valence-electron chi connectivity index (χ2n) is 5.41. The summed E-state index contributed by atoms with van der Waals surface area (Å²) in [6, 6.07) is 9.76. The van der Waals surface area contributed by atoms with Gasteiger partial charge >= 0.3 is 0 Å². The summed E-state index contributed by atoms with van der Waals surface area (Å²) < 4.78 is 10.9. The predicted octanol–water partition coefficient (Wildman–Crippen LogP) is 3.87. The zero-order chi connectivity index (χ0) is 17.2. The van der Waals surface area contributed by atoms with Crippen molar-refractivity contribution in [1.82, 2.24) is 10.2 Å². The Kier molecular flexibility index (Phi) is 4.54. The topological polar surface area (TPSA) is 72.4 Å². The van der Waals surface area contributed by atoms with E-state index in [-0.39, 0.29) is 11.7 Å². The summed E-state index contributed by atoms with van der Waals surface area (Å²) in [4.78, 5) is 15.6. The van der Waals surface area contributed by atoms with E-state index >= 15 is 0 Å². The van der Waals surface area contributed by atoms with Gasteiger partial charge in [-0.15, -0.1) is 22.0 Å². The fraction of sp³-hybridized carbons (Fsp3) is 0.235. The van der Waals surface area contributed by atoms with Crippen molar-refractivity contribution in [1.29, 1.82) is 0 Å². The van der Waals surface area contributed by atoms with Gasteiger partial charge in [0.15, 0.2) is 0 Å². The average Bonchev–Trinajstić information content (AvgIpc) is 3.27. The molecular formula is C17H15N3O3S2. The number of para-hydroxylation sites is 1. The van der Waals surface area contributed by atoms with Crippen LogP contribution < -0.4 is 4.90 Å². The molecular weight excluding hydrogens is 358 g/mol. The maximum atomic E-state index is 12.6. The summed E-state index contributed by atoms with van der Waals surface area (Å²) in [6.45, 7) is 2.55. The van der Waals surface area contributed by atoms with Crippen LogP contribution in [0.3, 0.4) is 0 Å². The number of thioether (sulfide) groups is 2. The number of benzene rings is 1. The number of nitrogens with zero attached hydrogens (tertiary/aromatic N) is 3. The highest BCUT2D eigenvalue weighted by molar-refractivity contribution is 8.00. The molecule has 0 aliphatic carbocycles. The van der Waals surface area contributed by atoms with Crippen molar-refractivity contribution in [3.63, 3.8) is 0 Å². The van der Waals surface area contributed by atoms with Gasteiger partial charge in [-0.2, -0.15) is 0 Å².